The van der Waals surface area contributed by atoms with Crippen molar-refractivity contribution in [1.29, 1.82) is 0 Å². The van der Waals surface area contributed by atoms with Crippen molar-refractivity contribution in [3.05, 3.63) is 24.2 Å². The van der Waals surface area contributed by atoms with E-state index < -0.39 is 54.3 Å². The monoisotopic (exact) mass is 507 g/mol. The molecule has 2 aromatic heterocycles. The maximum atomic E-state index is 12.6. The Hall–Kier alpha value is -3.00. The second kappa shape index (κ2) is 9.14. The lowest BCUT2D eigenvalue weighted by molar-refractivity contribution is -0.156. The van der Waals surface area contributed by atoms with Gasteiger partial charge in [0.25, 0.3) is 0 Å². The highest BCUT2D eigenvalue weighted by Gasteiger charge is 2.79. The lowest BCUT2D eigenvalue weighted by Crippen LogP contribution is -2.47. The zero-order valence-electron chi connectivity index (χ0n) is 21.1. The van der Waals surface area contributed by atoms with Crippen LogP contribution in [0.4, 0.5) is 10.6 Å². The minimum absolute atomic E-state index is 0.204. The molecule has 4 rings (SSSR count). The van der Waals surface area contributed by atoms with Crippen molar-refractivity contribution >= 4 is 23.5 Å². The Labute approximate surface area is 208 Å². The number of rotatable bonds is 7. The van der Waals surface area contributed by atoms with Crippen molar-refractivity contribution in [3.63, 3.8) is 0 Å². The van der Waals surface area contributed by atoms with Crippen LogP contribution in [0.3, 0.4) is 0 Å². The number of likely N-dealkylation sites (N-methyl/N-ethyl adjacent to an activating group) is 1. The molecule has 1 unspecified atom stereocenters. The highest BCUT2D eigenvalue weighted by molar-refractivity contribution is 5.77. The van der Waals surface area contributed by atoms with E-state index in [4.69, 9.17) is 24.7 Å². The van der Waals surface area contributed by atoms with Gasteiger partial charge in [-0.2, -0.15) is 5.10 Å². The van der Waals surface area contributed by atoms with Gasteiger partial charge in [-0.1, -0.05) is 20.8 Å². The number of fused-ring (bicyclic) bond motifs is 2. The quantitative estimate of drug-likeness (QED) is 0.438. The summed E-state index contributed by atoms with van der Waals surface area (Å²) < 4.78 is 23.2. The Morgan fingerprint density at radius 1 is 1.33 bits per heavy atom. The van der Waals surface area contributed by atoms with Crippen LogP contribution in [0.25, 0.3) is 5.52 Å². The summed E-state index contributed by atoms with van der Waals surface area (Å²) in [5.41, 5.74) is 4.80. The van der Waals surface area contributed by atoms with Crippen LogP contribution in [0.5, 0.6) is 0 Å². The third kappa shape index (κ3) is 4.59. The number of aromatic nitrogens is 3. The summed E-state index contributed by atoms with van der Waals surface area (Å²) in [4.78, 5) is 30.6. The van der Waals surface area contributed by atoms with E-state index in [1.54, 1.807) is 38.1 Å². The molecule has 1 aliphatic carbocycles. The molecular weight excluding hydrogens is 474 g/mol. The number of hydrogen-bond donors (Lipinski definition) is 3. The van der Waals surface area contributed by atoms with Crippen molar-refractivity contribution in [2.24, 2.45) is 5.41 Å². The number of ether oxygens (including phenoxy) is 4. The topological polar surface area (TPSA) is 171 Å². The van der Waals surface area contributed by atoms with Gasteiger partial charge in [0.1, 0.15) is 42.3 Å². The van der Waals surface area contributed by atoms with Gasteiger partial charge < -0.3 is 34.9 Å². The van der Waals surface area contributed by atoms with Crippen LogP contribution >= 0.6 is 0 Å². The number of nitrogens with zero attached hydrogens (tertiary/aromatic N) is 4. The Balaban J connectivity index is 1.36. The normalized spacial score (nSPS) is 29.0. The molecule has 7 atom stereocenters. The minimum atomic E-state index is -1.82. The fourth-order valence-corrected chi connectivity index (χ4v) is 4.44. The maximum absolute atomic E-state index is 12.6. The number of aliphatic hydroxyl groups excluding tert-OH is 1. The molecule has 2 aliphatic rings. The van der Waals surface area contributed by atoms with Crippen molar-refractivity contribution < 1.29 is 38.7 Å². The molecule has 0 aromatic carbocycles. The third-order valence-corrected chi connectivity index (χ3v) is 6.33. The molecule has 3 heterocycles. The summed E-state index contributed by atoms with van der Waals surface area (Å²) in [6.07, 6.45) is -5.19. The maximum Gasteiger partial charge on any atom is 0.509 e. The molecule has 0 bridgehead atoms. The summed E-state index contributed by atoms with van der Waals surface area (Å²) in [5.74, 6) is -0.286. The van der Waals surface area contributed by atoms with E-state index in [0.29, 0.717) is 11.2 Å². The molecule has 0 amide bonds. The second-order valence-corrected chi connectivity index (χ2v) is 10.7. The van der Waals surface area contributed by atoms with Gasteiger partial charge in [0.05, 0.1) is 12.3 Å². The van der Waals surface area contributed by atoms with Gasteiger partial charge in [0, 0.05) is 0 Å². The van der Waals surface area contributed by atoms with E-state index in [2.05, 4.69) is 10.1 Å². The van der Waals surface area contributed by atoms with E-state index in [1.807, 2.05) is 20.8 Å². The van der Waals surface area contributed by atoms with Gasteiger partial charge in [0.15, 0.2) is 17.5 Å². The lowest BCUT2D eigenvalue weighted by Gasteiger charge is -2.29. The van der Waals surface area contributed by atoms with Gasteiger partial charge in [-0.05, 0) is 38.6 Å². The average molecular weight is 508 g/mol. The van der Waals surface area contributed by atoms with Crippen molar-refractivity contribution in [2.75, 3.05) is 26.4 Å². The molecule has 2 fully saturated rings. The van der Waals surface area contributed by atoms with Gasteiger partial charge in [-0.3, -0.25) is 9.69 Å². The van der Waals surface area contributed by atoms with Crippen LogP contribution in [0.1, 0.15) is 39.5 Å². The Morgan fingerprint density at radius 3 is 2.61 bits per heavy atom. The molecule has 36 heavy (non-hydrogen) atoms. The molecule has 13 heteroatoms. The van der Waals surface area contributed by atoms with Crippen LogP contribution in [-0.4, -0.2) is 98.6 Å². The Bertz CT molecular complexity index is 1150. The first-order valence-electron chi connectivity index (χ1n) is 11.6. The molecule has 1 saturated carbocycles. The number of anilines is 1. The molecule has 4 N–H and O–H groups in total. The highest BCUT2D eigenvalue weighted by Crippen LogP contribution is 2.56. The molecule has 0 radical (unpaired) electrons. The number of nitrogens with two attached hydrogens (primary N) is 1. The minimum Gasteiger partial charge on any atom is -0.464 e. The number of carbonyl (C=O) groups excluding carboxylic acids is 2. The van der Waals surface area contributed by atoms with Gasteiger partial charge in [0.2, 0.25) is 0 Å². The molecular formula is C23H33N5O8. The fourth-order valence-electron chi connectivity index (χ4n) is 4.44. The van der Waals surface area contributed by atoms with Crippen LogP contribution in [-0.2, 0) is 23.7 Å². The number of nitrogen functional groups attached to an aromatic ring is 1. The van der Waals surface area contributed by atoms with Gasteiger partial charge in [-0.15, -0.1) is 0 Å². The average Bonchev–Trinajstić information content (AvgIpc) is 3.05. The predicted octanol–water partition coefficient (Wildman–Crippen LogP) is 0.287. The Morgan fingerprint density at radius 2 is 2.03 bits per heavy atom. The first-order valence-corrected chi connectivity index (χ1v) is 11.6. The third-order valence-electron chi connectivity index (χ3n) is 6.33. The molecule has 13 nitrogen and oxygen atoms in total. The van der Waals surface area contributed by atoms with Gasteiger partial charge >= 0.3 is 12.1 Å². The number of carbonyl (C=O) groups is 2. The van der Waals surface area contributed by atoms with Crippen molar-refractivity contribution in [1.82, 2.24) is 19.5 Å². The predicted molar refractivity (Wildman–Crippen MR) is 125 cm³/mol. The standard InChI is InChI=1S/C23H33N5O8/c1-11(14(27(5)6)20(30)33-9-22(2,3)4)34-21(31)36-18-17-23(18,32)16(29)15(35-17)12-7-8-13-19(24)25-10-26-28(12)13/h7-8,10-11,14-18,29,32H,9H2,1-6H3,(H2,24,25,26)/t11-,14+,15+,16+,17-,18?,23+/m1/s1. The van der Waals surface area contributed by atoms with E-state index in [-0.39, 0.29) is 17.8 Å². The largest absolute Gasteiger partial charge is 0.509 e. The van der Waals surface area contributed by atoms with Crippen LogP contribution in [0, 0.1) is 5.41 Å². The van der Waals surface area contributed by atoms with Crippen LogP contribution in [0.15, 0.2) is 18.5 Å². The summed E-state index contributed by atoms with van der Waals surface area (Å²) in [5, 5.41) is 25.9. The Kier molecular flexibility index (Phi) is 6.62. The molecule has 1 aliphatic heterocycles. The van der Waals surface area contributed by atoms with E-state index in [1.165, 1.54) is 10.8 Å². The molecule has 1 saturated heterocycles. The molecule has 2 aromatic rings. The SMILES string of the molecule is C[C@@H](OC(=O)OC1[C@H]2O[C@@H](c3ccc4c(N)ncnn34)[C@H](O)[C@@]12O)[C@@H](C(=O)OCC(C)(C)C)N(C)C. The summed E-state index contributed by atoms with van der Waals surface area (Å²) in [6.45, 7) is 7.55. The zero-order valence-corrected chi connectivity index (χ0v) is 21.1. The number of hydrogen-bond acceptors (Lipinski definition) is 12. The van der Waals surface area contributed by atoms with Crippen molar-refractivity contribution in [3.8, 4) is 0 Å². The summed E-state index contributed by atoms with van der Waals surface area (Å²) in [6, 6.07) is 2.47. The van der Waals surface area contributed by atoms with E-state index in [9.17, 15) is 19.8 Å². The van der Waals surface area contributed by atoms with E-state index >= 15 is 0 Å². The molecule has 198 valence electrons. The van der Waals surface area contributed by atoms with Crippen LogP contribution in [0.2, 0.25) is 0 Å². The van der Waals surface area contributed by atoms with Crippen LogP contribution < -0.4 is 5.73 Å². The summed E-state index contributed by atoms with van der Waals surface area (Å²) in [7, 11) is 3.33. The molecule has 0 spiro atoms. The van der Waals surface area contributed by atoms with E-state index in [0.717, 1.165) is 0 Å². The first kappa shape index (κ1) is 26.1. The first-order chi connectivity index (χ1) is 16.8. The smallest absolute Gasteiger partial charge is 0.464 e. The summed E-state index contributed by atoms with van der Waals surface area (Å²) >= 11 is 0. The fraction of sp³-hybridized carbons (Fsp3) is 0.652. The van der Waals surface area contributed by atoms with Crippen molar-refractivity contribution in [2.45, 2.75) is 69.9 Å². The highest BCUT2D eigenvalue weighted by atomic mass is 16.8. The van der Waals surface area contributed by atoms with Gasteiger partial charge in [-0.25, -0.2) is 14.3 Å². The number of aliphatic hydroxyl groups is 2. The number of esters is 1. The lowest BCUT2D eigenvalue weighted by atomic mass is 9.98. The zero-order chi connectivity index (χ0) is 26.6. The second-order valence-electron chi connectivity index (χ2n) is 10.7.